The molecule has 2 heteroatoms. The molecule has 0 radical (unpaired) electrons. The average Bonchev–Trinajstić information content (AvgIpc) is 2.27. The standard InChI is InChI=1S/C13H12O2/c1-9(14)13(15)12-8-4-6-10-5-2-3-7-11(10)12/h2-8,13,15H,1H3/t13-/m0/s1. The lowest BCUT2D eigenvalue weighted by Gasteiger charge is -2.10. The highest BCUT2D eigenvalue weighted by Crippen LogP contribution is 2.24. The monoisotopic (exact) mass is 200 g/mol. The lowest BCUT2D eigenvalue weighted by atomic mass is 9.99. The van der Waals surface area contributed by atoms with E-state index in [9.17, 15) is 9.90 Å². The SMILES string of the molecule is CC(=O)[C@H](O)c1cccc2ccccc12. The van der Waals surface area contributed by atoms with Crippen LogP contribution in [0.1, 0.15) is 18.6 Å². The number of rotatable bonds is 2. The van der Waals surface area contributed by atoms with Gasteiger partial charge < -0.3 is 5.11 Å². The molecule has 0 aliphatic carbocycles. The van der Waals surface area contributed by atoms with E-state index in [-0.39, 0.29) is 5.78 Å². The minimum absolute atomic E-state index is 0.230. The first-order valence-electron chi connectivity index (χ1n) is 4.86. The van der Waals surface area contributed by atoms with E-state index in [4.69, 9.17) is 0 Å². The van der Waals surface area contributed by atoms with Crippen LogP contribution in [-0.4, -0.2) is 10.9 Å². The minimum Gasteiger partial charge on any atom is -0.381 e. The van der Waals surface area contributed by atoms with Gasteiger partial charge in [0.2, 0.25) is 0 Å². The van der Waals surface area contributed by atoms with Gasteiger partial charge in [0.05, 0.1) is 0 Å². The zero-order valence-corrected chi connectivity index (χ0v) is 8.47. The Morgan fingerprint density at radius 1 is 1.13 bits per heavy atom. The third-order valence-corrected chi connectivity index (χ3v) is 2.50. The predicted octanol–water partition coefficient (Wildman–Crippen LogP) is 2.46. The van der Waals surface area contributed by atoms with Gasteiger partial charge >= 0.3 is 0 Å². The number of fused-ring (bicyclic) bond motifs is 1. The van der Waals surface area contributed by atoms with Gasteiger partial charge in [0.25, 0.3) is 0 Å². The number of benzene rings is 2. The van der Waals surface area contributed by atoms with Crippen molar-refractivity contribution in [3.05, 3.63) is 48.0 Å². The first kappa shape index (κ1) is 9.87. The van der Waals surface area contributed by atoms with Crippen LogP contribution >= 0.6 is 0 Å². The van der Waals surface area contributed by atoms with Crippen molar-refractivity contribution in [1.29, 1.82) is 0 Å². The Bertz CT molecular complexity index is 497. The summed E-state index contributed by atoms with van der Waals surface area (Å²) in [6, 6.07) is 13.3. The van der Waals surface area contributed by atoms with Crippen molar-refractivity contribution < 1.29 is 9.90 Å². The Morgan fingerprint density at radius 2 is 1.80 bits per heavy atom. The molecule has 2 nitrogen and oxygen atoms in total. The summed E-state index contributed by atoms with van der Waals surface area (Å²) in [5.41, 5.74) is 0.681. The van der Waals surface area contributed by atoms with Gasteiger partial charge in [-0.1, -0.05) is 42.5 Å². The van der Waals surface area contributed by atoms with Gasteiger partial charge in [-0.2, -0.15) is 0 Å². The Labute approximate surface area is 88.2 Å². The highest BCUT2D eigenvalue weighted by molar-refractivity contribution is 5.91. The Hall–Kier alpha value is -1.67. The Kier molecular flexibility index (Phi) is 2.52. The quantitative estimate of drug-likeness (QED) is 0.808. The van der Waals surface area contributed by atoms with Crippen LogP contribution in [0, 0.1) is 0 Å². The molecule has 0 bridgehead atoms. The summed E-state index contributed by atoms with van der Waals surface area (Å²) in [4.78, 5) is 11.1. The molecule has 0 amide bonds. The van der Waals surface area contributed by atoms with E-state index in [1.165, 1.54) is 6.92 Å². The maximum Gasteiger partial charge on any atom is 0.162 e. The van der Waals surface area contributed by atoms with E-state index >= 15 is 0 Å². The van der Waals surface area contributed by atoms with Gasteiger partial charge in [-0.25, -0.2) is 0 Å². The third-order valence-electron chi connectivity index (χ3n) is 2.50. The van der Waals surface area contributed by atoms with Gasteiger partial charge in [-0.05, 0) is 23.3 Å². The van der Waals surface area contributed by atoms with E-state index in [0.717, 1.165) is 10.8 Å². The lowest BCUT2D eigenvalue weighted by Crippen LogP contribution is -2.07. The molecule has 1 atom stereocenters. The number of ketones is 1. The summed E-state index contributed by atoms with van der Waals surface area (Å²) in [7, 11) is 0. The normalized spacial score (nSPS) is 12.7. The summed E-state index contributed by atoms with van der Waals surface area (Å²) in [6.07, 6.45) is -1.02. The van der Waals surface area contributed by atoms with Crippen molar-refractivity contribution in [3.63, 3.8) is 0 Å². The molecule has 2 rings (SSSR count). The molecule has 0 spiro atoms. The van der Waals surface area contributed by atoms with Gasteiger partial charge in [0.15, 0.2) is 5.78 Å². The van der Waals surface area contributed by atoms with Crippen LogP contribution in [-0.2, 0) is 4.79 Å². The summed E-state index contributed by atoms with van der Waals surface area (Å²) in [5.74, 6) is -0.230. The summed E-state index contributed by atoms with van der Waals surface area (Å²) in [6.45, 7) is 1.40. The molecule has 0 heterocycles. The molecule has 2 aromatic rings. The van der Waals surface area contributed by atoms with Crippen molar-refractivity contribution in [2.24, 2.45) is 0 Å². The molecule has 0 aliphatic heterocycles. The first-order valence-corrected chi connectivity index (χ1v) is 4.86. The molecule has 0 unspecified atom stereocenters. The van der Waals surface area contributed by atoms with Crippen molar-refractivity contribution in [2.45, 2.75) is 13.0 Å². The molecule has 0 saturated heterocycles. The van der Waals surface area contributed by atoms with Gasteiger partial charge in [0.1, 0.15) is 6.10 Å². The number of hydrogen-bond acceptors (Lipinski definition) is 2. The summed E-state index contributed by atoms with van der Waals surface area (Å²) in [5, 5.41) is 11.7. The molecule has 1 N–H and O–H groups in total. The number of hydrogen-bond donors (Lipinski definition) is 1. The van der Waals surface area contributed by atoms with Crippen LogP contribution in [0.5, 0.6) is 0 Å². The topological polar surface area (TPSA) is 37.3 Å². The van der Waals surface area contributed by atoms with E-state index in [1.54, 1.807) is 6.07 Å². The van der Waals surface area contributed by atoms with E-state index in [0.29, 0.717) is 5.56 Å². The van der Waals surface area contributed by atoms with Crippen molar-refractivity contribution in [2.75, 3.05) is 0 Å². The lowest BCUT2D eigenvalue weighted by molar-refractivity contribution is -0.125. The molecular weight excluding hydrogens is 188 g/mol. The molecule has 2 aromatic carbocycles. The van der Waals surface area contributed by atoms with Gasteiger partial charge in [-0.3, -0.25) is 4.79 Å². The molecule has 0 aromatic heterocycles. The van der Waals surface area contributed by atoms with Crippen molar-refractivity contribution in [3.8, 4) is 0 Å². The zero-order chi connectivity index (χ0) is 10.8. The van der Waals surface area contributed by atoms with Crippen LogP contribution in [0.2, 0.25) is 0 Å². The molecule has 0 saturated carbocycles. The molecule has 15 heavy (non-hydrogen) atoms. The molecule has 76 valence electrons. The maximum absolute atomic E-state index is 11.1. The van der Waals surface area contributed by atoms with Gasteiger partial charge in [-0.15, -0.1) is 0 Å². The number of aliphatic hydroxyl groups excluding tert-OH is 1. The Balaban J connectivity index is 2.65. The average molecular weight is 200 g/mol. The molecule has 0 fully saturated rings. The van der Waals surface area contributed by atoms with Crippen molar-refractivity contribution in [1.82, 2.24) is 0 Å². The predicted molar refractivity (Wildman–Crippen MR) is 59.6 cm³/mol. The summed E-state index contributed by atoms with van der Waals surface area (Å²) >= 11 is 0. The van der Waals surface area contributed by atoms with Crippen LogP contribution in [0.25, 0.3) is 10.8 Å². The number of Topliss-reactive ketones (excluding diaryl/α,β-unsaturated/α-hetero) is 1. The summed E-state index contributed by atoms with van der Waals surface area (Å²) < 4.78 is 0. The second-order valence-corrected chi connectivity index (χ2v) is 3.58. The van der Waals surface area contributed by atoms with Crippen LogP contribution in [0.3, 0.4) is 0 Å². The third kappa shape index (κ3) is 1.76. The van der Waals surface area contributed by atoms with Crippen LogP contribution < -0.4 is 0 Å². The molecule has 0 aliphatic rings. The maximum atomic E-state index is 11.1. The van der Waals surface area contributed by atoms with E-state index < -0.39 is 6.10 Å². The highest BCUT2D eigenvalue weighted by Gasteiger charge is 2.14. The fourth-order valence-corrected chi connectivity index (χ4v) is 1.71. The zero-order valence-electron chi connectivity index (χ0n) is 8.47. The number of carbonyl (C=O) groups is 1. The Morgan fingerprint density at radius 3 is 2.53 bits per heavy atom. The largest absolute Gasteiger partial charge is 0.381 e. The van der Waals surface area contributed by atoms with Crippen LogP contribution in [0.4, 0.5) is 0 Å². The van der Waals surface area contributed by atoms with E-state index in [1.807, 2.05) is 36.4 Å². The fraction of sp³-hybridized carbons (Fsp3) is 0.154. The number of carbonyl (C=O) groups excluding carboxylic acids is 1. The van der Waals surface area contributed by atoms with Gasteiger partial charge in [0, 0.05) is 0 Å². The number of aliphatic hydroxyl groups is 1. The molecular formula is C13H12O2. The second-order valence-electron chi connectivity index (χ2n) is 3.58. The van der Waals surface area contributed by atoms with Crippen LogP contribution in [0.15, 0.2) is 42.5 Å². The fourth-order valence-electron chi connectivity index (χ4n) is 1.71. The minimum atomic E-state index is -1.02. The van der Waals surface area contributed by atoms with E-state index in [2.05, 4.69) is 0 Å². The van der Waals surface area contributed by atoms with Crippen molar-refractivity contribution >= 4 is 16.6 Å². The second kappa shape index (κ2) is 3.83. The smallest absolute Gasteiger partial charge is 0.162 e. The first-order chi connectivity index (χ1) is 7.20. The highest BCUT2D eigenvalue weighted by atomic mass is 16.3.